The Balaban J connectivity index is 1.74. The Bertz CT molecular complexity index is 284. The van der Waals surface area contributed by atoms with E-state index in [9.17, 15) is 4.79 Å². The summed E-state index contributed by atoms with van der Waals surface area (Å²) >= 11 is 0. The van der Waals surface area contributed by atoms with Gasteiger partial charge in [-0.3, -0.25) is 4.79 Å². The highest BCUT2D eigenvalue weighted by molar-refractivity contribution is 5.76. The normalized spacial score (nSPS) is 23.9. The summed E-state index contributed by atoms with van der Waals surface area (Å²) in [5.74, 6) is 1.02. The van der Waals surface area contributed by atoms with Gasteiger partial charge in [0, 0.05) is 26.1 Å². The summed E-state index contributed by atoms with van der Waals surface area (Å²) in [6.07, 6.45) is 7.67. The molecule has 2 aliphatic heterocycles. The van der Waals surface area contributed by atoms with Crippen molar-refractivity contribution in [3.05, 3.63) is 0 Å². The number of nitrogens with zero attached hydrogens (tertiary/aromatic N) is 1. The molecule has 0 aromatic carbocycles. The molecule has 2 heterocycles. The third-order valence-corrected chi connectivity index (χ3v) is 4.49. The molecule has 1 amide bonds. The molecule has 1 atom stereocenters. The Morgan fingerprint density at radius 1 is 1.30 bits per heavy atom. The molecule has 1 unspecified atom stereocenters. The van der Waals surface area contributed by atoms with Crippen LogP contribution in [-0.4, -0.2) is 49.7 Å². The van der Waals surface area contributed by atoms with E-state index >= 15 is 0 Å². The minimum atomic E-state index is 0.334. The summed E-state index contributed by atoms with van der Waals surface area (Å²) in [6, 6.07) is 0. The highest BCUT2D eigenvalue weighted by atomic mass is 16.5. The number of hydrogen-bond donors (Lipinski definition) is 1. The van der Waals surface area contributed by atoms with Crippen LogP contribution in [0.3, 0.4) is 0 Å². The van der Waals surface area contributed by atoms with Crippen molar-refractivity contribution in [3.63, 3.8) is 0 Å². The number of piperidine rings is 1. The van der Waals surface area contributed by atoms with E-state index < -0.39 is 0 Å². The Kier molecular flexibility index (Phi) is 6.80. The van der Waals surface area contributed by atoms with Gasteiger partial charge in [0.1, 0.15) is 0 Å². The Labute approximate surface area is 123 Å². The second kappa shape index (κ2) is 8.63. The lowest BCUT2D eigenvalue weighted by molar-refractivity contribution is -0.132. The van der Waals surface area contributed by atoms with Gasteiger partial charge in [0.25, 0.3) is 0 Å². The van der Waals surface area contributed by atoms with Gasteiger partial charge in [-0.1, -0.05) is 6.92 Å². The molecule has 0 saturated carbocycles. The zero-order valence-corrected chi connectivity index (χ0v) is 12.9. The molecular formula is C16H30N2O2. The molecule has 2 rings (SSSR count). The van der Waals surface area contributed by atoms with Gasteiger partial charge in [0.15, 0.2) is 0 Å². The smallest absolute Gasteiger partial charge is 0.222 e. The maximum atomic E-state index is 12.4. The lowest BCUT2D eigenvalue weighted by Crippen LogP contribution is -2.40. The monoisotopic (exact) mass is 282 g/mol. The van der Waals surface area contributed by atoms with Crippen molar-refractivity contribution < 1.29 is 9.53 Å². The fourth-order valence-corrected chi connectivity index (χ4v) is 3.28. The van der Waals surface area contributed by atoms with Crippen molar-refractivity contribution in [1.82, 2.24) is 10.2 Å². The third kappa shape index (κ3) is 5.06. The summed E-state index contributed by atoms with van der Waals surface area (Å²) in [5, 5.41) is 3.39. The van der Waals surface area contributed by atoms with Crippen LogP contribution in [0.5, 0.6) is 0 Å². The van der Waals surface area contributed by atoms with E-state index in [-0.39, 0.29) is 0 Å². The van der Waals surface area contributed by atoms with Crippen molar-refractivity contribution in [2.24, 2.45) is 5.92 Å². The first-order chi connectivity index (χ1) is 9.79. The Morgan fingerprint density at radius 2 is 2.10 bits per heavy atom. The van der Waals surface area contributed by atoms with Crippen molar-refractivity contribution in [1.29, 1.82) is 0 Å². The number of amides is 1. The first kappa shape index (κ1) is 15.8. The van der Waals surface area contributed by atoms with Crippen LogP contribution in [0.25, 0.3) is 0 Å². The van der Waals surface area contributed by atoms with E-state index in [1.165, 1.54) is 12.8 Å². The minimum absolute atomic E-state index is 0.334. The molecule has 2 aliphatic rings. The lowest BCUT2D eigenvalue weighted by atomic mass is 9.97. The predicted octanol–water partition coefficient (Wildman–Crippen LogP) is 2.18. The highest BCUT2D eigenvalue weighted by Gasteiger charge is 2.22. The van der Waals surface area contributed by atoms with Crippen molar-refractivity contribution in [2.45, 2.75) is 58.0 Å². The van der Waals surface area contributed by atoms with Gasteiger partial charge < -0.3 is 15.0 Å². The van der Waals surface area contributed by atoms with Crippen LogP contribution in [0.15, 0.2) is 0 Å². The number of carbonyl (C=O) groups is 1. The summed E-state index contributed by atoms with van der Waals surface area (Å²) in [7, 11) is 0. The number of hydrogen-bond acceptors (Lipinski definition) is 3. The van der Waals surface area contributed by atoms with E-state index in [0.29, 0.717) is 24.3 Å². The largest absolute Gasteiger partial charge is 0.378 e. The topological polar surface area (TPSA) is 41.6 Å². The molecule has 0 aliphatic carbocycles. The van der Waals surface area contributed by atoms with Crippen molar-refractivity contribution in [3.8, 4) is 0 Å². The molecule has 20 heavy (non-hydrogen) atoms. The Morgan fingerprint density at radius 3 is 2.75 bits per heavy atom. The van der Waals surface area contributed by atoms with Crippen LogP contribution in [0.4, 0.5) is 0 Å². The van der Waals surface area contributed by atoms with E-state index in [2.05, 4.69) is 17.1 Å². The molecule has 0 aromatic heterocycles. The fraction of sp³-hybridized carbons (Fsp3) is 0.938. The molecule has 0 bridgehead atoms. The predicted molar refractivity (Wildman–Crippen MR) is 80.7 cm³/mol. The average Bonchev–Trinajstić information content (AvgIpc) is 2.99. The average molecular weight is 282 g/mol. The van der Waals surface area contributed by atoms with Gasteiger partial charge in [-0.15, -0.1) is 0 Å². The molecule has 0 aromatic rings. The molecular weight excluding hydrogens is 252 g/mol. The maximum absolute atomic E-state index is 12.4. The molecule has 1 N–H and O–H groups in total. The van der Waals surface area contributed by atoms with Gasteiger partial charge in [-0.05, 0) is 57.5 Å². The molecule has 2 saturated heterocycles. The van der Waals surface area contributed by atoms with Gasteiger partial charge in [0.2, 0.25) is 5.91 Å². The summed E-state index contributed by atoms with van der Waals surface area (Å²) in [5.41, 5.74) is 0. The molecule has 0 spiro atoms. The van der Waals surface area contributed by atoms with Gasteiger partial charge in [-0.25, -0.2) is 0 Å². The SMILES string of the molecule is CCCN(CC1CCNCC1)C(=O)CCC1CCCO1. The number of ether oxygens (including phenoxy) is 1. The lowest BCUT2D eigenvalue weighted by Gasteiger charge is -2.30. The second-order valence-corrected chi connectivity index (χ2v) is 6.21. The fourth-order valence-electron chi connectivity index (χ4n) is 3.28. The molecule has 2 fully saturated rings. The molecule has 0 radical (unpaired) electrons. The third-order valence-electron chi connectivity index (χ3n) is 4.49. The number of carbonyl (C=O) groups excluding carboxylic acids is 1. The first-order valence-corrected chi connectivity index (χ1v) is 8.39. The zero-order chi connectivity index (χ0) is 14.2. The van der Waals surface area contributed by atoms with Crippen LogP contribution in [0.2, 0.25) is 0 Å². The van der Waals surface area contributed by atoms with Gasteiger partial charge >= 0.3 is 0 Å². The maximum Gasteiger partial charge on any atom is 0.222 e. The second-order valence-electron chi connectivity index (χ2n) is 6.21. The number of rotatable bonds is 7. The van der Waals surface area contributed by atoms with Crippen LogP contribution >= 0.6 is 0 Å². The standard InChI is InChI=1S/C16H30N2O2/c1-2-11-18(13-14-7-9-17-10-8-14)16(19)6-5-15-4-3-12-20-15/h14-15,17H,2-13H2,1H3. The number of nitrogens with one attached hydrogen (secondary N) is 1. The Hall–Kier alpha value is -0.610. The summed E-state index contributed by atoms with van der Waals surface area (Å²) in [6.45, 7) is 7.12. The first-order valence-electron chi connectivity index (χ1n) is 8.39. The summed E-state index contributed by atoms with van der Waals surface area (Å²) in [4.78, 5) is 14.5. The van der Waals surface area contributed by atoms with Crippen LogP contribution in [0, 0.1) is 5.92 Å². The van der Waals surface area contributed by atoms with E-state index in [1.54, 1.807) is 0 Å². The molecule has 116 valence electrons. The van der Waals surface area contributed by atoms with Crippen LogP contribution in [0.1, 0.15) is 51.9 Å². The van der Waals surface area contributed by atoms with Gasteiger partial charge in [-0.2, -0.15) is 0 Å². The zero-order valence-electron chi connectivity index (χ0n) is 12.9. The molecule has 4 heteroatoms. The highest BCUT2D eigenvalue weighted by Crippen LogP contribution is 2.19. The van der Waals surface area contributed by atoms with E-state index in [1.807, 2.05) is 0 Å². The quantitative estimate of drug-likeness (QED) is 0.778. The van der Waals surface area contributed by atoms with E-state index in [4.69, 9.17) is 4.74 Å². The minimum Gasteiger partial charge on any atom is -0.378 e. The van der Waals surface area contributed by atoms with Crippen molar-refractivity contribution in [2.75, 3.05) is 32.8 Å². The van der Waals surface area contributed by atoms with Crippen molar-refractivity contribution >= 4 is 5.91 Å². The summed E-state index contributed by atoms with van der Waals surface area (Å²) < 4.78 is 5.61. The van der Waals surface area contributed by atoms with Crippen LogP contribution in [-0.2, 0) is 9.53 Å². The van der Waals surface area contributed by atoms with Crippen LogP contribution < -0.4 is 5.32 Å². The molecule has 4 nitrogen and oxygen atoms in total. The van der Waals surface area contributed by atoms with Gasteiger partial charge in [0.05, 0.1) is 6.10 Å². The van der Waals surface area contributed by atoms with E-state index in [0.717, 1.165) is 58.5 Å².